The van der Waals surface area contributed by atoms with Crippen LogP contribution in [0, 0.1) is 0 Å². The third kappa shape index (κ3) is 4.54. The second kappa shape index (κ2) is 7.19. The maximum absolute atomic E-state index is 5.88. The predicted octanol–water partition coefficient (Wildman–Crippen LogP) is 5.77. The van der Waals surface area contributed by atoms with Crippen LogP contribution in [0.25, 0.3) is 0 Å². The van der Waals surface area contributed by atoms with Crippen LogP contribution in [0.2, 0.25) is 5.02 Å². The largest absolute Gasteiger partial charge is 0.457 e. The number of hydrogen-bond acceptors (Lipinski definition) is 3. The summed E-state index contributed by atoms with van der Waals surface area (Å²) in [5, 5.41) is 11.4. The van der Waals surface area contributed by atoms with E-state index < -0.39 is 0 Å². The summed E-state index contributed by atoms with van der Waals surface area (Å²) in [6, 6.07) is 15.2. The number of H-pyrrole nitrogens is 1. The van der Waals surface area contributed by atoms with Gasteiger partial charge in [0, 0.05) is 33.9 Å². The summed E-state index contributed by atoms with van der Waals surface area (Å²) in [4.78, 5) is 0. The van der Waals surface area contributed by atoms with Crippen molar-refractivity contribution in [2.45, 2.75) is 32.7 Å². The summed E-state index contributed by atoms with van der Waals surface area (Å²) in [6.07, 6.45) is 1.88. The van der Waals surface area contributed by atoms with Gasteiger partial charge in [-0.15, -0.1) is 0 Å². The van der Waals surface area contributed by atoms with Crippen molar-refractivity contribution in [3.63, 3.8) is 0 Å². The molecule has 5 heteroatoms. The van der Waals surface area contributed by atoms with E-state index in [-0.39, 0.29) is 5.41 Å². The smallest absolute Gasteiger partial charge is 0.127 e. The van der Waals surface area contributed by atoms with E-state index in [9.17, 15) is 0 Å². The molecule has 0 aliphatic rings. The Hall–Kier alpha value is -2.46. The number of anilines is 1. The number of benzene rings is 2. The van der Waals surface area contributed by atoms with Crippen LogP contribution in [0.3, 0.4) is 0 Å². The lowest BCUT2D eigenvalue weighted by Gasteiger charge is -2.18. The summed E-state index contributed by atoms with van der Waals surface area (Å²) in [6.45, 7) is 7.24. The molecule has 130 valence electrons. The highest BCUT2D eigenvalue weighted by Gasteiger charge is 2.19. The number of aromatic nitrogens is 2. The lowest BCUT2D eigenvalue weighted by atomic mass is 9.89. The van der Waals surface area contributed by atoms with Crippen LogP contribution >= 0.6 is 11.6 Å². The maximum atomic E-state index is 5.88. The van der Waals surface area contributed by atoms with Gasteiger partial charge in [0.25, 0.3) is 0 Å². The van der Waals surface area contributed by atoms with E-state index >= 15 is 0 Å². The van der Waals surface area contributed by atoms with Crippen molar-refractivity contribution in [3.05, 3.63) is 71.0 Å². The molecule has 0 unspecified atom stereocenters. The van der Waals surface area contributed by atoms with Crippen molar-refractivity contribution in [2.24, 2.45) is 0 Å². The molecule has 0 saturated heterocycles. The molecule has 0 spiro atoms. The Morgan fingerprint density at radius 3 is 2.20 bits per heavy atom. The zero-order valence-corrected chi connectivity index (χ0v) is 15.4. The minimum absolute atomic E-state index is 0.0454. The van der Waals surface area contributed by atoms with Gasteiger partial charge >= 0.3 is 0 Å². The molecule has 2 N–H and O–H groups in total. The number of rotatable bonds is 5. The molecule has 0 aliphatic carbocycles. The number of ether oxygens (including phenoxy) is 1. The third-order valence-corrected chi connectivity index (χ3v) is 4.11. The molecular formula is C20H22ClN3O. The quantitative estimate of drug-likeness (QED) is 0.611. The number of nitrogens with one attached hydrogen (secondary N) is 2. The third-order valence-electron chi connectivity index (χ3n) is 3.85. The minimum Gasteiger partial charge on any atom is -0.457 e. The molecule has 0 amide bonds. The summed E-state index contributed by atoms with van der Waals surface area (Å²) >= 11 is 5.88. The van der Waals surface area contributed by atoms with Gasteiger partial charge < -0.3 is 10.1 Å². The molecule has 0 radical (unpaired) electrons. The van der Waals surface area contributed by atoms with Gasteiger partial charge in [0.15, 0.2) is 0 Å². The van der Waals surface area contributed by atoms with Crippen LogP contribution in [0.4, 0.5) is 5.69 Å². The van der Waals surface area contributed by atoms with Crippen molar-refractivity contribution < 1.29 is 4.74 Å². The van der Waals surface area contributed by atoms with Gasteiger partial charge in [-0.25, -0.2) is 0 Å². The number of halogens is 1. The second-order valence-corrected chi connectivity index (χ2v) is 7.39. The molecule has 0 atom stereocenters. The molecule has 3 rings (SSSR count). The number of aromatic amines is 1. The minimum atomic E-state index is 0.0454. The van der Waals surface area contributed by atoms with E-state index in [0.29, 0.717) is 5.02 Å². The van der Waals surface area contributed by atoms with Crippen molar-refractivity contribution in [3.8, 4) is 11.5 Å². The molecule has 1 aromatic heterocycles. The van der Waals surface area contributed by atoms with Gasteiger partial charge in [0.2, 0.25) is 0 Å². The highest BCUT2D eigenvalue weighted by atomic mass is 35.5. The Morgan fingerprint density at radius 1 is 1.00 bits per heavy atom. The standard InChI is InChI=1S/C20H22ClN3O/c1-20(2,3)19-14(13-23-24-19)12-22-16-6-10-18(11-7-16)25-17-8-4-15(21)5-9-17/h4-11,13,22H,12H2,1-3H3,(H,23,24). The molecule has 0 aliphatic heterocycles. The van der Waals surface area contributed by atoms with Gasteiger partial charge in [-0.3, -0.25) is 5.10 Å². The Morgan fingerprint density at radius 2 is 1.60 bits per heavy atom. The van der Waals surface area contributed by atoms with Crippen molar-refractivity contribution in [1.29, 1.82) is 0 Å². The van der Waals surface area contributed by atoms with Crippen LogP contribution in [-0.4, -0.2) is 10.2 Å². The molecule has 4 nitrogen and oxygen atoms in total. The van der Waals surface area contributed by atoms with Gasteiger partial charge in [-0.2, -0.15) is 5.10 Å². The van der Waals surface area contributed by atoms with E-state index in [4.69, 9.17) is 16.3 Å². The zero-order chi connectivity index (χ0) is 17.9. The lowest BCUT2D eigenvalue weighted by molar-refractivity contribution is 0.483. The van der Waals surface area contributed by atoms with E-state index in [1.807, 2.05) is 54.7 Å². The predicted molar refractivity (Wildman–Crippen MR) is 103 cm³/mol. The fraction of sp³-hybridized carbons (Fsp3) is 0.250. The SMILES string of the molecule is CC(C)(C)c1[nH]ncc1CNc1ccc(Oc2ccc(Cl)cc2)cc1. The molecule has 0 saturated carbocycles. The first kappa shape index (κ1) is 17.4. The monoisotopic (exact) mass is 355 g/mol. The normalized spacial score (nSPS) is 11.4. The average molecular weight is 356 g/mol. The summed E-state index contributed by atoms with van der Waals surface area (Å²) < 4.78 is 5.80. The zero-order valence-electron chi connectivity index (χ0n) is 14.6. The summed E-state index contributed by atoms with van der Waals surface area (Å²) in [5.41, 5.74) is 3.41. The summed E-state index contributed by atoms with van der Waals surface area (Å²) in [7, 11) is 0. The van der Waals surface area contributed by atoms with E-state index in [2.05, 4.69) is 36.3 Å². The van der Waals surface area contributed by atoms with Gasteiger partial charge in [-0.05, 0) is 48.5 Å². The molecule has 3 aromatic rings. The van der Waals surface area contributed by atoms with Crippen LogP contribution in [-0.2, 0) is 12.0 Å². The molecule has 0 fully saturated rings. The summed E-state index contributed by atoms with van der Waals surface area (Å²) in [5.74, 6) is 1.55. The van der Waals surface area contributed by atoms with Crippen molar-refractivity contribution in [2.75, 3.05) is 5.32 Å². The van der Waals surface area contributed by atoms with Crippen LogP contribution in [0.1, 0.15) is 32.0 Å². The molecular weight excluding hydrogens is 334 g/mol. The number of nitrogens with zero attached hydrogens (tertiary/aromatic N) is 1. The molecule has 25 heavy (non-hydrogen) atoms. The lowest BCUT2D eigenvalue weighted by Crippen LogP contribution is -2.15. The topological polar surface area (TPSA) is 49.9 Å². The highest BCUT2D eigenvalue weighted by Crippen LogP contribution is 2.26. The average Bonchev–Trinajstić information content (AvgIpc) is 3.05. The Balaban J connectivity index is 1.61. The molecule has 0 bridgehead atoms. The van der Waals surface area contributed by atoms with Crippen LogP contribution in [0.5, 0.6) is 11.5 Å². The fourth-order valence-electron chi connectivity index (χ4n) is 2.57. The first-order valence-electron chi connectivity index (χ1n) is 8.22. The number of hydrogen-bond donors (Lipinski definition) is 2. The fourth-order valence-corrected chi connectivity index (χ4v) is 2.70. The van der Waals surface area contributed by atoms with Crippen molar-refractivity contribution in [1.82, 2.24) is 10.2 Å². The Kier molecular flexibility index (Phi) is 5.00. The highest BCUT2D eigenvalue weighted by molar-refractivity contribution is 6.30. The van der Waals surface area contributed by atoms with Gasteiger partial charge in [0.05, 0.1) is 6.20 Å². The Labute approximate surface area is 153 Å². The van der Waals surface area contributed by atoms with E-state index in [1.54, 1.807) is 0 Å². The van der Waals surface area contributed by atoms with Gasteiger partial charge in [0.1, 0.15) is 11.5 Å². The van der Waals surface area contributed by atoms with Crippen LogP contribution in [0.15, 0.2) is 54.7 Å². The maximum Gasteiger partial charge on any atom is 0.127 e. The first-order chi connectivity index (χ1) is 11.9. The second-order valence-electron chi connectivity index (χ2n) is 6.95. The van der Waals surface area contributed by atoms with Gasteiger partial charge in [-0.1, -0.05) is 32.4 Å². The first-order valence-corrected chi connectivity index (χ1v) is 8.60. The molecule has 2 aromatic carbocycles. The van der Waals surface area contributed by atoms with E-state index in [0.717, 1.165) is 29.4 Å². The Bertz CT molecular complexity index is 817. The molecule has 1 heterocycles. The van der Waals surface area contributed by atoms with E-state index in [1.165, 1.54) is 5.56 Å². The van der Waals surface area contributed by atoms with Crippen molar-refractivity contribution >= 4 is 17.3 Å². The van der Waals surface area contributed by atoms with Crippen LogP contribution < -0.4 is 10.1 Å².